The minimum atomic E-state index is -1.14. The lowest BCUT2D eigenvalue weighted by Crippen LogP contribution is -2.18. The molecule has 4 nitrogen and oxygen atoms in total. The molecule has 0 amide bonds. The smallest absolute Gasteiger partial charge is 0.356 e. The molecule has 0 fully saturated rings. The van der Waals surface area contributed by atoms with Gasteiger partial charge in [-0.25, -0.2) is 9.78 Å². The second-order valence-corrected chi connectivity index (χ2v) is 5.13. The van der Waals surface area contributed by atoms with E-state index in [1.54, 1.807) is 6.07 Å². The third kappa shape index (κ3) is 3.40. The van der Waals surface area contributed by atoms with Crippen molar-refractivity contribution in [2.24, 2.45) is 0 Å². The normalized spacial score (nSPS) is 10.3. The van der Waals surface area contributed by atoms with Crippen molar-refractivity contribution in [2.75, 3.05) is 11.9 Å². The highest BCUT2D eigenvalue weighted by Gasteiger charge is 2.13. The molecule has 0 unspecified atom stereocenters. The van der Waals surface area contributed by atoms with Gasteiger partial charge in [0.15, 0.2) is 5.69 Å². The topological polar surface area (TPSA) is 53.4 Å². The van der Waals surface area contributed by atoms with Crippen molar-refractivity contribution >= 4 is 35.0 Å². The lowest BCUT2D eigenvalue weighted by molar-refractivity contribution is 0.0691. The summed E-state index contributed by atoms with van der Waals surface area (Å²) in [7, 11) is 1.83. The van der Waals surface area contributed by atoms with Crippen LogP contribution in [0, 0.1) is 0 Å². The van der Waals surface area contributed by atoms with Crippen molar-refractivity contribution in [3.63, 3.8) is 0 Å². The fraction of sp³-hybridized carbons (Fsp3) is 0.143. The van der Waals surface area contributed by atoms with Gasteiger partial charge in [-0.1, -0.05) is 35.3 Å². The third-order valence-electron chi connectivity index (χ3n) is 2.76. The molecule has 1 heterocycles. The van der Waals surface area contributed by atoms with Crippen molar-refractivity contribution in [3.8, 4) is 0 Å². The Balaban J connectivity index is 2.20. The lowest BCUT2D eigenvalue weighted by Gasteiger charge is -2.18. The van der Waals surface area contributed by atoms with E-state index in [0.29, 0.717) is 17.4 Å². The van der Waals surface area contributed by atoms with Crippen LogP contribution in [-0.2, 0) is 6.54 Å². The molecule has 0 aliphatic carbocycles. The number of carboxylic acid groups (broad SMARTS) is 1. The minimum absolute atomic E-state index is 0.126. The third-order valence-corrected chi connectivity index (χ3v) is 3.31. The zero-order valence-corrected chi connectivity index (χ0v) is 12.2. The van der Waals surface area contributed by atoms with Gasteiger partial charge in [0, 0.05) is 18.6 Å². The van der Waals surface area contributed by atoms with Crippen LogP contribution >= 0.6 is 23.2 Å². The van der Waals surface area contributed by atoms with Crippen molar-refractivity contribution in [1.82, 2.24) is 4.98 Å². The van der Waals surface area contributed by atoms with E-state index in [9.17, 15) is 4.79 Å². The van der Waals surface area contributed by atoms with Crippen LogP contribution < -0.4 is 4.90 Å². The zero-order valence-electron chi connectivity index (χ0n) is 10.7. The second kappa shape index (κ2) is 6.11. The molecule has 6 heteroatoms. The van der Waals surface area contributed by atoms with Gasteiger partial charge in [-0.2, -0.15) is 0 Å². The number of aromatic carboxylic acids is 1. The van der Waals surface area contributed by atoms with Crippen LogP contribution in [0.4, 0.5) is 5.82 Å². The van der Waals surface area contributed by atoms with Gasteiger partial charge in [0.1, 0.15) is 5.82 Å². The van der Waals surface area contributed by atoms with Crippen molar-refractivity contribution in [1.29, 1.82) is 0 Å². The molecule has 2 rings (SSSR count). The Labute approximate surface area is 126 Å². The van der Waals surface area contributed by atoms with Gasteiger partial charge in [-0.05, 0) is 29.8 Å². The average molecular weight is 311 g/mol. The lowest BCUT2D eigenvalue weighted by atomic mass is 10.2. The van der Waals surface area contributed by atoms with Crippen LogP contribution in [0.15, 0.2) is 36.4 Å². The number of aromatic nitrogens is 1. The van der Waals surface area contributed by atoms with Gasteiger partial charge < -0.3 is 10.0 Å². The Morgan fingerprint density at radius 1 is 1.20 bits per heavy atom. The second-order valence-electron chi connectivity index (χ2n) is 4.29. The van der Waals surface area contributed by atoms with Gasteiger partial charge in [-0.3, -0.25) is 0 Å². The van der Waals surface area contributed by atoms with Gasteiger partial charge >= 0.3 is 5.97 Å². The number of rotatable bonds is 4. The van der Waals surface area contributed by atoms with Crippen LogP contribution in [-0.4, -0.2) is 23.1 Å². The first-order valence-corrected chi connectivity index (χ1v) is 6.58. The van der Waals surface area contributed by atoms with Crippen LogP contribution in [0.2, 0.25) is 10.0 Å². The fourth-order valence-electron chi connectivity index (χ4n) is 1.74. The Bertz CT molecular complexity index is 630. The van der Waals surface area contributed by atoms with Gasteiger partial charge in [-0.15, -0.1) is 0 Å². The van der Waals surface area contributed by atoms with E-state index in [0.717, 1.165) is 5.56 Å². The number of pyridine rings is 1. The number of carboxylic acids is 1. The summed E-state index contributed by atoms with van der Waals surface area (Å²) < 4.78 is 0. The van der Waals surface area contributed by atoms with Crippen LogP contribution in [0.3, 0.4) is 0 Å². The van der Waals surface area contributed by atoms with Crippen LogP contribution in [0.5, 0.6) is 0 Å². The Morgan fingerprint density at radius 2 is 1.85 bits per heavy atom. The molecular formula is C14H12Cl2N2O2. The first-order chi connectivity index (χ1) is 9.47. The van der Waals surface area contributed by atoms with Gasteiger partial charge in [0.25, 0.3) is 0 Å². The summed E-state index contributed by atoms with van der Waals surface area (Å²) in [6.45, 7) is 0.588. The quantitative estimate of drug-likeness (QED) is 0.935. The van der Waals surface area contributed by atoms with Crippen molar-refractivity contribution in [2.45, 2.75) is 6.54 Å². The monoisotopic (exact) mass is 310 g/mol. The molecule has 0 aliphatic rings. The summed E-state index contributed by atoms with van der Waals surface area (Å²) in [5.41, 5.74) is 0.901. The number of carbonyl (C=O) groups is 1. The highest BCUT2D eigenvalue weighted by Crippen LogP contribution is 2.20. The largest absolute Gasteiger partial charge is 0.476 e. The standard InChI is InChI=1S/C14H12Cl2N2O2/c1-18(8-9-2-4-10(15)5-3-9)12-7-6-11(16)13(17-12)14(19)20/h2-7H,8H2,1H3,(H,19,20). The SMILES string of the molecule is CN(Cc1ccc(Cl)cc1)c1ccc(Cl)c(C(=O)O)n1. The number of nitrogens with zero attached hydrogens (tertiary/aromatic N) is 2. The Hall–Kier alpha value is -1.78. The molecule has 2 aromatic rings. The van der Waals surface area contributed by atoms with E-state index in [1.165, 1.54) is 6.07 Å². The maximum Gasteiger partial charge on any atom is 0.356 e. The molecule has 1 N–H and O–H groups in total. The van der Waals surface area contributed by atoms with Crippen molar-refractivity contribution < 1.29 is 9.90 Å². The fourth-order valence-corrected chi connectivity index (χ4v) is 2.05. The number of hydrogen-bond donors (Lipinski definition) is 1. The number of hydrogen-bond acceptors (Lipinski definition) is 3. The van der Waals surface area contributed by atoms with E-state index >= 15 is 0 Å². The zero-order chi connectivity index (χ0) is 14.7. The molecule has 0 aliphatic heterocycles. The first kappa shape index (κ1) is 14.6. The highest BCUT2D eigenvalue weighted by atomic mass is 35.5. The number of anilines is 1. The van der Waals surface area contributed by atoms with E-state index in [4.69, 9.17) is 28.3 Å². The molecule has 0 saturated heterocycles. The summed E-state index contributed by atoms with van der Waals surface area (Å²) in [6.07, 6.45) is 0. The van der Waals surface area contributed by atoms with Gasteiger partial charge in [0.05, 0.1) is 5.02 Å². The van der Waals surface area contributed by atoms with E-state index in [2.05, 4.69) is 4.98 Å². The van der Waals surface area contributed by atoms with E-state index in [1.807, 2.05) is 36.2 Å². The molecule has 0 saturated carbocycles. The molecule has 0 radical (unpaired) electrons. The van der Waals surface area contributed by atoms with Crippen molar-refractivity contribution in [3.05, 3.63) is 57.7 Å². The maximum atomic E-state index is 11.0. The molecule has 1 aromatic heterocycles. The molecule has 104 valence electrons. The average Bonchev–Trinajstić information content (AvgIpc) is 2.41. The predicted octanol–water partition coefficient (Wildman–Crippen LogP) is 3.72. The maximum absolute atomic E-state index is 11.0. The molecular weight excluding hydrogens is 299 g/mol. The molecule has 0 spiro atoms. The van der Waals surface area contributed by atoms with Crippen LogP contribution in [0.1, 0.15) is 16.1 Å². The summed E-state index contributed by atoms with van der Waals surface area (Å²) in [4.78, 5) is 16.9. The number of benzene rings is 1. The minimum Gasteiger partial charge on any atom is -0.476 e. The summed E-state index contributed by atoms with van der Waals surface area (Å²) in [5, 5.41) is 9.81. The Morgan fingerprint density at radius 3 is 2.45 bits per heavy atom. The van der Waals surface area contributed by atoms with E-state index in [-0.39, 0.29) is 10.7 Å². The predicted molar refractivity (Wildman–Crippen MR) is 79.8 cm³/mol. The molecule has 20 heavy (non-hydrogen) atoms. The molecule has 0 bridgehead atoms. The van der Waals surface area contributed by atoms with E-state index < -0.39 is 5.97 Å². The summed E-state index contributed by atoms with van der Waals surface area (Å²) >= 11 is 11.6. The highest BCUT2D eigenvalue weighted by molar-refractivity contribution is 6.33. The Kier molecular flexibility index (Phi) is 4.47. The molecule has 1 aromatic carbocycles. The molecule has 0 atom stereocenters. The first-order valence-electron chi connectivity index (χ1n) is 5.83. The number of halogens is 2. The van der Waals surface area contributed by atoms with Gasteiger partial charge in [0.2, 0.25) is 0 Å². The van der Waals surface area contributed by atoms with Crippen LogP contribution in [0.25, 0.3) is 0 Å². The summed E-state index contributed by atoms with van der Waals surface area (Å²) in [5.74, 6) is -0.599. The summed E-state index contributed by atoms with van der Waals surface area (Å²) in [6, 6.07) is 10.7.